The molecule has 1 aliphatic heterocycles. The van der Waals surface area contributed by atoms with Gasteiger partial charge in [-0.05, 0) is 18.9 Å². The SMILES string of the molecule is CC1(Cc2ccccc2)C(=O)COC1=O. The molecule has 0 bridgehead atoms. The number of benzene rings is 1. The maximum absolute atomic E-state index is 11.6. The molecule has 0 radical (unpaired) electrons. The molecule has 2 rings (SSSR count). The molecule has 0 spiro atoms. The van der Waals surface area contributed by atoms with Gasteiger partial charge in [-0.15, -0.1) is 0 Å². The van der Waals surface area contributed by atoms with E-state index in [-0.39, 0.29) is 12.4 Å². The molecular weight excluding hydrogens is 192 g/mol. The van der Waals surface area contributed by atoms with Crippen molar-refractivity contribution < 1.29 is 14.3 Å². The van der Waals surface area contributed by atoms with Crippen LogP contribution in [0.1, 0.15) is 12.5 Å². The number of esters is 1. The van der Waals surface area contributed by atoms with Crippen molar-refractivity contribution in [1.82, 2.24) is 0 Å². The van der Waals surface area contributed by atoms with Gasteiger partial charge in [-0.1, -0.05) is 30.3 Å². The Kier molecular flexibility index (Phi) is 2.31. The van der Waals surface area contributed by atoms with Crippen LogP contribution in [0, 0.1) is 5.41 Å². The van der Waals surface area contributed by atoms with Crippen molar-refractivity contribution in [2.24, 2.45) is 5.41 Å². The first kappa shape index (κ1) is 9.90. The molecule has 3 nitrogen and oxygen atoms in total. The van der Waals surface area contributed by atoms with Crippen molar-refractivity contribution in [3.8, 4) is 0 Å². The smallest absolute Gasteiger partial charge is 0.320 e. The normalized spacial score (nSPS) is 25.4. The highest BCUT2D eigenvalue weighted by Gasteiger charge is 2.47. The van der Waals surface area contributed by atoms with Crippen molar-refractivity contribution in [3.63, 3.8) is 0 Å². The summed E-state index contributed by atoms with van der Waals surface area (Å²) in [6, 6.07) is 9.50. The highest BCUT2D eigenvalue weighted by molar-refractivity contribution is 6.08. The second-order valence-electron chi connectivity index (χ2n) is 3.99. The molecule has 1 aromatic rings. The molecule has 0 N–H and O–H groups in total. The molecule has 15 heavy (non-hydrogen) atoms. The first-order chi connectivity index (χ1) is 7.13. The maximum Gasteiger partial charge on any atom is 0.320 e. The van der Waals surface area contributed by atoms with Gasteiger partial charge < -0.3 is 4.74 Å². The van der Waals surface area contributed by atoms with Crippen molar-refractivity contribution in [2.45, 2.75) is 13.3 Å². The van der Waals surface area contributed by atoms with E-state index in [2.05, 4.69) is 0 Å². The number of carbonyl (C=O) groups is 2. The highest BCUT2D eigenvalue weighted by Crippen LogP contribution is 2.30. The quantitative estimate of drug-likeness (QED) is 0.539. The minimum atomic E-state index is -0.985. The van der Waals surface area contributed by atoms with Crippen molar-refractivity contribution in [2.75, 3.05) is 6.61 Å². The van der Waals surface area contributed by atoms with Crippen LogP contribution in [0.5, 0.6) is 0 Å². The average Bonchev–Trinajstić information content (AvgIpc) is 2.48. The number of Topliss-reactive ketones (excluding diaryl/α,β-unsaturated/α-hetero) is 1. The van der Waals surface area contributed by atoms with Gasteiger partial charge in [0.1, 0.15) is 5.41 Å². The molecule has 1 saturated heterocycles. The summed E-state index contributed by atoms with van der Waals surface area (Å²) >= 11 is 0. The van der Waals surface area contributed by atoms with Gasteiger partial charge in [-0.25, -0.2) is 0 Å². The van der Waals surface area contributed by atoms with Gasteiger partial charge in [0.05, 0.1) is 0 Å². The van der Waals surface area contributed by atoms with E-state index in [1.807, 2.05) is 30.3 Å². The van der Waals surface area contributed by atoms with Crippen LogP contribution < -0.4 is 0 Å². The van der Waals surface area contributed by atoms with Crippen LogP contribution in [0.3, 0.4) is 0 Å². The zero-order valence-electron chi connectivity index (χ0n) is 8.53. The van der Waals surface area contributed by atoms with Gasteiger partial charge in [0.15, 0.2) is 12.4 Å². The fourth-order valence-corrected chi connectivity index (χ4v) is 1.74. The van der Waals surface area contributed by atoms with Crippen LogP contribution in [0.4, 0.5) is 0 Å². The topological polar surface area (TPSA) is 43.4 Å². The lowest BCUT2D eigenvalue weighted by Crippen LogP contribution is -2.32. The van der Waals surface area contributed by atoms with Gasteiger partial charge in [0, 0.05) is 0 Å². The van der Waals surface area contributed by atoms with Gasteiger partial charge >= 0.3 is 5.97 Å². The zero-order valence-corrected chi connectivity index (χ0v) is 8.53. The summed E-state index contributed by atoms with van der Waals surface area (Å²) in [5, 5.41) is 0. The van der Waals surface area contributed by atoms with Crippen LogP contribution in [0.2, 0.25) is 0 Å². The molecule has 78 valence electrons. The molecule has 1 unspecified atom stereocenters. The fourth-order valence-electron chi connectivity index (χ4n) is 1.74. The summed E-state index contributed by atoms with van der Waals surface area (Å²) < 4.78 is 4.76. The highest BCUT2D eigenvalue weighted by atomic mass is 16.5. The lowest BCUT2D eigenvalue weighted by Gasteiger charge is -2.16. The summed E-state index contributed by atoms with van der Waals surface area (Å²) in [6.07, 6.45) is 0.422. The summed E-state index contributed by atoms with van der Waals surface area (Å²) in [5.74, 6) is -0.535. The zero-order chi connectivity index (χ0) is 10.9. The Morgan fingerprint density at radius 3 is 2.47 bits per heavy atom. The number of hydrogen-bond acceptors (Lipinski definition) is 3. The van der Waals surface area contributed by atoms with Crippen LogP contribution in [0.25, 0.3) is 0 Å². The molecule has 1 aromatic carbocycles. The molecule has 1 aliphatic rings. The maximum atomic E-state index is 11.6. The predicted octanol–water partition coefficient (Wildman–Crippen LogP) is 1.36. The number of cyclic esters (lactones) is 1. The fraction of sp³-hybridized carbons (Fsp3) is 0.333. The van der Waals surface area contributed by atoms with Crippen molar-refractivity contribution >= 4 is 11.8 Å². The minimum Gasteiger partial charge on any atom is -0.457 e. The third kappa shape index (κ3) is 1.65. The molecule has 0 saturated carbocycles. The lowest BCUT2D eigenvalue weighted by molar-refractivity contribution is -0.146. The minimum absolute atomic E-state index is 0.0812. The summed E-state index contributed by atoms with van der Waals surface area (Å²) in [6.45, 7) is 1.57. The Labute approximate surface area is 88.1 Å². The Balaban J connectivity index is 2.24. The summed E-state index contributed by atoms with van der Waals surface area (Å²) in [7, 11) is 0. The van der Waals surface area contributed by atoms with Gasteiger partial charge in [0.25, 0.3) is 0 Å². The lowest BCUT2D eigenvalue weighted by atomic mass is 9.81. The Bertz CT molecular complexity index is 379. The molecule has 0 aliphatic carbocycles. The molecule has 1 fully saturated rings. The Morgan fingerprint density at radius 2 is 1.93 bits per heavy atom. The van der Waals surface area contributed by atoms with E-state index in [1.165, 1.54) is 0 Å². The molecule has 0 amide bonds. The third-order valence-electron chi connectivity index (χ3n) is 2.80. The number of carbonyl (C=O) groups excluding carboxylic acids is 2. The van der Waals surface area contributed by atoms with Gasteiger partial charge in [0.2, 0.25) is 0 Å². The number of hydrogen-bond donors (Lipinski definition) is 0. The Hall–Kier alpha value is -1.64. The van der Waals surface area contributed by atoms with Crippen LogP contribution in [0.15, 0.2) is 30.3 Å². The van der Waals surface area contributed by atoms with Crippen LogP contribution >= 0.6 is 0 Å². The van der Waals surface area contributed by atoms with E-state index in [0.717, 1.165) is 5.56 Å². The largest absolute Gasteiger partial charge is 0.457 e. The predicted molar refractivity (Wildman–Crippen MR) is 54.2 cm³/mol. The number of rotatable bonds is 2. The second kappa shape index (κ2) is 3.50. The standard InChI is InChI=1S/C12H12O3/c1-12(10(13)8-15-11(12)14)7-9-5-3-2-4-6-9/h2-6H,7-8H2,1H3. The first-order valence-electron chi connectivity index (χ1n) is 4.87. The van der Waals surface area contributed by atoms with E-state index in [1.54, 1.807) is 6.92 Å². The Morgan fingerprint density at radius 1 is 1.27 bits per heavy atom. The van der Waals surface area contributed by atoms with Crippen molar-refractivity contribution in [3.05, 3.63) is 35.9 Å². The van der Waals surface area contributed by atoms with E-state index in [0.29, 0.717) is 6.42 Å². The van der Waals surface area contributed by atoms with E-state index < -0.39 is 11.4 Å². The summed E-state index contributed by atoms with van der Waals surface area (Å²) in [5.41, 5.74) is -0.00588. The first-order valence-corrected chi connectivity index (χ1v) is 4.87. The number of ether oxygens (including phenoxy) is 1. The van der Waals surface area contributed by atoms with Gasteiger partial charge in [-0.3, -0.25) is 9.59 Å². The average molecular weight is 204 g/mol. The van der Waals surface area contributed by atoms with E-state index >= 15 is 0 Å². The third-order valence-corrected chi connectivity index (χ3v) is 2.80. The molecular formula is C12H12O3. The molecule has 3 heteroatoms. The van der Waals surface area contributed by atoms with Gasteiger partial charge in [-0.2, -0.15) is 0 Å². The van der Waals surface area contributed by atoms with E-state index in [9.17, 15) is 9.59 Å². The van der Waals surface area contributed by atoms with Crippen LogP contribution in [-0.2, 0) is 20.7 Å². The molecule has 1 atom stereocenters. The van der Waals surface area contributed by atoms with Crippen LogP contribution in [-0.4, -0.2) is 18.4 Å². The van der Waals surface area contributed by atoms with E-state index in [4.69, 9.17) is 4.74 Å². The monoisotopic (exact) mass is 204 g/mol. The molecule has 1 heterocycles. The summed E-state index contributed by atoms with van der Waals surface area (Å²) in [4.78, 5) is 23.0. The number of ketones is 1. The second-order valence-corrected chi connectivity index (χ2v) is 3.99. The van der Waals surface area contributed by atoms with Crippen molar-refractivity contribution in [1.29, 1.82) is 0 Å². The molecule has 0 aromatic heterocycles.